The summed E-state index contributed by atoms with van der Waals surface area (Å²) in [6, 6.07) is 1.53. The van der Waals surface area contributed by atoms with Crippen molar-refractivity contribution in [1.82, 2.24) is 0 Å². The molecule has 0 atom stereocenters. The molecule has 0 fully saturated rings. The number of fused-ring (bicyclic) bond motifs is 1. The lowest BCUT2D eigenvalue weighted by molar-refractivity contribution is 0.0694. The molecule has 16 heavy (non-hydrogen) atoms. The molecule has 1 aromatic carbocycles. The fraction of sp³-hybridized carbons (Fsp3) is 0.364. The molecule has 0 amide bonds. The second kappa shape index (κ2) is 4.33. The van der Waals surface area contributed by atoms with Crippen molar-refractivity contribution in [3.05, 3.63) is 21.7 Å². The summed E-state index contributed by atoms with van der Waals surface area (Å²) in [5.74, 6) is 0.148. The molecule has 0 saturated carbocycles. The third-order valence-corrected chi connectivity index (χ3v) is 3.30. The van der Waals surface area contributed by atoms with Gasteiger partial charge in [-0.15, -0.1) is 0 Å². The number of carboxylic acid groups (broad SMARTS) is 1. The van der Waals surface area contributed by atoms with Crippen LogP contribution in [-0.4, -0.2) is 24.3 Å². The number of carbonyl (C=O) groups is 1. The van der Waals surface area contributed by atoms with Crippen LogP contribution in [0, 0.1) is 0 Å². The molecule has 5 heteroatoms. The van der Waals surface area contributed by atoms with Crippen molar-refractivity contribution in [1.29, 1.82) is 0 Å². The minimum atomic E-state index is -0.950. The molecule has 0 saturated heterocycles. The van der Waals surface area contributed by atoms with E-state index in [2.05, 4.69) is 15.9 Å². The van der Waals surface area contributed by atoms with Gasteiger partial charge in [0.25, 0.3) is 0 Å². The van der Waals surface area contributed by atoms with Crippen molar-refractivity contribution < 1.29 is 19.4 Å². The zero-order valence-corrected chi connectivity index (χ0v) is 10.3. The molecule has 0 unspecified atom stereocenters. The first kappa shape index (κ1) is 11.3. The average Bonchev–Trinajstić information content (AvgIpc) is 2.29. The van der Waals surface area contributed by atoms with Crippen LogP contribution < -0.4 is 9.47 Å². The van der Waals surface area contributed by atoms with Gasteiger partial charge in [-0.2, -0.15) is 0 Å². The van der Waals surface area contributed by atoms with Gasteiger partial charge in [-0.1, -0.05) is 6.92 Å². The van der Waals surface area contributed by atoms with Crippen LogP contribution in [0.3, 0.4) is 0 Å². The van der Waals surface area contributed by atoms with Crippen LogP contribution in [-0.2, 0) is 6.42 Å². The quantitative estimate of drug-likeness (QED) is 0.908. The van der Waals surface area contributed by atoms with Crippen molar-refractivity contribution in [3.8, 4) is 11.5 Å². The van der Waals surface area contributed by atoms with Crippen LogP contribution in [0.15, 0.2) is 10.5 Å². The highest BCUT2D eigenvalue weighted by atomic mass is 79.9. The summed E-state index contributed by atoms with van der Waals surface area (Å²) in [6.07, 6.45) is 0.624. The lowest BCUT2D eigenvalue weighted by Crippen LogP contribution is -2.17. The van der Waals surface area contributed by atoms with Crippen LogP contribution in [0.4, 0.5) is 0 Å². The molecule has 4 nitrogen and oxygen atoms in total. The van der Waals surface area contributed by atoms with Crippen molar-refractivity contribution in [2.75, 3.05) is 13.2 Å². The number of rotatable bonds is 2. The molecule has 0 spiro atoms. The predicted octanol–water partition coefficient (Wildman–Crippen LogP) is 2.48. The van der Waals surface area contributed by atoms with Crippen LogP contribution in [0.5, 0.6) is 11.5 Å². The predicted molar refractivity (Wildman–Crippen MR) is 61.5 cm³/mol. The molecular formula is C11H11BrO4. The Morgan fingerprint density at radius 2 is 2.19 bits per heavy atom. The lowest BCUT2D eigenvalue weighted by Gasteiger charge is -2.22. The molecule has 2 rings (SSSR count). The first-order valence-corrected chi connectivity index (χ1v) is 5.78. The van der Waals surface area contributed by atoms with E-state index in [-0.39, 0.29) is 5.56 Å². The third-order valence-electron chi connectivity index (χ3n) is 2.46. The van der Waals surface area contributed by atoms with Gasteiger partial charge in [0.2, 0.25) is 0 Å². The maximum atomic E-state index is 11.1. The summed E-state index contributed by atoms with van der Waals surface area (Å²) < 4.78 is 11.5. The maximum absolute atomic E-state index is 11.1. The smallest absolute Gasteiger partial charge is 0.336 e. The number of ether oxygens (including phenoxy) is 2. The van der Waals surface area contributed by atoms with Gasteiger partial charge in [0.15, 0.2) is 11.5 Å². The Kier molecular flexibility index (Phi) is 3.05. The first-order chi connectivity index (χ1) is 7.65. The van der Waals surface area contributed by atoms with Gasteiger partial charge in [0.05, 0.1) is 10.0 Å². The molecule has 0 aromatic heterocycles. The van der Waals surface area contributed by atoms with E-state index < -0.39 is 5.97 Å². The molecular weight excluding hydrogens is 276 g/mol. The minimum Gasteiger partial charge on any atom is -0.486 e. The van der Waals surface area contributed by atoms with E-state index in [4.69, 9.17) is 14.6 Å². The molecule has 1 N–H and O–H groups in total. The van der Waals surface area contributed by atoms with Crippen LogP contribution >= 0.6 is 15.9 Å². The number of aromatic carboxylic acids is 1. The summed E-state index contributed by atoms with van der Waals surface area (Å²) in [6.45, 7) is 2.84. The summed E-state index contributed by atoms with van der Waals surface area (Å²) in [5, 5.41) is 9.11. The van der Waals surface area contributed by atoms with E-state index in [1.54, 1.807) is 0 Å². The Bertz CT molecular complexity index is 442. The van der Waals surface area contributed by atoms with Gasteiger partial charge in [0, 0.05) is 0 Å². The SMILES string of the molecule is CCc1c(C(=O)O)cc2c(c1Br)OCCO2. The standard InChI is InChI=1S/C11H11BrO4/c1-2-6-7(11(13)14)5-8-10(9(6)12)16-4-3-15-8/h5H,2-4H2,1H3,(H,13,14). The zero-order chi connectivity index (χ0) is 11.7. The summed E-state index contributed by atoms with van der Waals surface area (Å²) in [7, 11) is 0. The molecule has 1 heterocycles. The summed E-state index contributed by atoms with van der Waals surface area (Å²) in [4.78, 5) is 11.1. The van der Waals surface area contributed by atoms with E-state index >= 15 is 0 Å². The molecule has 1 aromatic rings. The molecule has 86 valence electrons. The molecule has 0 radical (unpaired) electrons. The lowest BCUT2D eigenvalue weighted by atomic mass is 10.0. The highest BCUT2D eigenvalue weighted by Crippen LogP contribution is 2.41. The van der Waals surface area contributed by atoms with Gasteiger partial charge in [0.1, 0.15) is 13.2 Å². The number of halogens is 1. The fourth-order valence-electron chi connectivity index (χ4n) is 1.72. The average molecular weight is 287 g/mol. The normalized spacial score (nSPS) is 13.6. The number of carboxylic acids is 1. The topological polar surface area (TPSA) is 55.8 Å². The highest BCUT2D eigenvalue weighted by molar-refractivity contribution is 9.10. The van der Waals surface area contributed by atoms with E-state index in [1.165, 1.54) is 6.07 Å². The summed E-state index contributed by atoms with van der Waals surface area (Å²) in [5.41, 5.74) is 0.996. The van der Waals surface area contributed by atoms with Crippen LogP contribution in [0.2, 0.25) is 0 Å². The number of hydrogen-bond donors (Lipinski definition) is 1. The van der Waals surface area contributed by atoms with Gasteiger partial charge in [-0.3, -0.25) is 0 Å². The largest absolute Gasteiger partial charge is 0.486 e. The van der Waals surface area contributed by atoms with E-state index in [0.29, 0.717) is 35.6 Å². The Balaban J connectivity index is 2.64. The third kappa shape index (κ3) is 1.75. The Hall–Kier alpha value is -1.23. The second-order valence-corrected chi connectivity index (χ2v) is 4.19. The Morgan fingerprint density at radius 3 is 2.81 bits per heavy atom. The molecule has 0 bridgehead atoms. The zero-order valence-electron chi connectivity index (χ0n) is 8.75. The van der Waals surface area contributed by atoms with Gasteiger partial charge in [-0.25, -0.2) is 4.79 Å². The molecule has 0 aliphatic carbocycles. The number of benzene rings is 1. The summed E-state index contributed by atoms with van der Waals surface area (Å²) >= 11 is 3.38. The maximum Gasteiger partial charge on any atom is 0.336 e. The van der Waals surface area contributed by atoms with Crippen molar-refractivity contribution in [2.24, 2.45) is 0 Å². The van der Waals surface area contributed by atoms with Gasteiger partial charge >= 0.3 is 5.97 Å². The van der Waals surface area contributed by atoms with Crippen LogP contribution in [0.25, 0.3) is 0 Å². The van der Waals surface area contributed by atoms with Crippen molar-refractivity contribution in [2.45, 2.75) is 13.3 Å². The fourth-order valence-corrected chi connectivity index (χ4v) is 2.52. The van der Waals surface area contributed by atoms with Crippen LogP contribution in [0.1, 0.15) is 22.8 Å². The van der Waals surface area contributed by atoms with E-state index in [1.807, 2.05) is 6.92 Å². The molecule has 1 aliphatic heterocycles. The first-order valence-electron chi connectivity index (χ1n) is 4.99. The van der Waals surface area contributed by atoms with E-state index in [9.17, 15) is 4.79 Å². The number of hydrogen-bond acceptors (Lipinski definition) is 3. The molecule has 1 aliphatic rings. The Morgan fingerprint density at radius 1 is 1.50 bits per heavy atom. The second-order valence-electron chi connectivity index (χ2n) is 3.40. The van der Waals surface area contributed by atoms with Crippen molar-refractivity contribution >= 4 is 21.9 Å². The monoisotopic (exact) mass is 286 g/mol. The van der Waals surface area contributed by atoms with Crippen molar-refractivity contribution in [3.63, 3.8) is 0 Å². The minimum absolute atomic E-state index is 0.263. The van der Waals surface area contributed by atoms with E-state index in [0.717, 1.165) is 5.56 Å². The Labute approximate surface area is 101 Å². The van der Waals surface area contributed by atoms with Gasteiger partial charge < -0.3 is 14.6 Å². The van der Waals surface area contributed by atoms with Gasteiger partial charge in [-0.05, 0) is 34.0 Å². The highest BCUT2D eigenvalue weighted by Gasteiger charge is 2.23.